The van der Waals surface area contributed by atoms with E-state index >= 15 is 0 Å². The number of amides is 1. The van der Waals surface area contributed by atoms with E-state index in [1.165, 1.54) is 17.4 Å². The van der Waals surface area contributed by atoms with Crippen LogP contribution in [-0.4, -0.2) is 24.1 Å². The Kier molecular flexibility index (Phi) is 3.81. The molecule has 0 unspecified atom stereocenters. The van der Waals surface area contributed by atoms with Crippen molar-refractivity contribution in [2.45, 2.75) is 0 Å². The van der Waals surface area contributed by atoms with Gasteiger partial charge in [-0.05, 0) is 6.07 Å². The smallest absolute Gasteiger partial charge is 0.259 e. The fourth-order valence-corrected chi connectivity index (χ4v) is 4.51. The van der Waals surface area contributed by atoms with Crippen molar-refractivity contribution < 1.29 is 14.3 Å². The molecule has 0 saturated heterocycles. The lowest BCUT2D eigenvalue weighted by Crippen LogP contribution is -2.15. The average Bonchev–Trinajstić information content (AvgIpc) is 3.06. The summed E-state index contributed by atoms with van der Waals surface area (Å²) in [6.07, 6.45) is 0. The van der Waals surface area contributed by atoms with Gasteiger partial charge in [0.15, 0.2) is 16.6 Å². The van der Waals surface area contributed by atoms with Crippen LogP contribution in [0, 0.1) is 0 Å². The highest BCUT2D eigenvalue weighted by Gasteiger charge is 2.18. The third-order valence-corrected chi connectivity index (χ3v) is 5.60. The number of thiazole rings is 1. The Morgan fingerprint density at radius 3 is 2.57 bits per heavy atom. The zero-order valence-electron chi connectivity index (χ0n) is 11.4. The van der Waals surface area contributed by atoms with Crippen LogP contribution in [-0.2, 0) is 0 Å². The van der Waals surface area contributed by atoms with Crippen LogP contribution in [0.25, 0.3) is 10.2 Å². The minimum atomic E-state index is -0.338. The molecule has 5 nitrogen and oxygen atoms in total. The van der Waals surface area contributed by atoms with Gasteiger partial charge in [-0.15, -0.1) is 11.3 Å². The van der Waals surface area contributed by atoms with Crippen molar-refractivity contribution in [3.05, 3.63) is 32.4 Å². The predicted octanol–water partition coefficient (Wildman–Crippen LogP) is 4.69. The SMILES string of the molecule is O=C(Nc1nc2cc3c(cc2s1)OCCO3)c1cc(Cl)sc1Cl. The van der Waals surface area contributed by atoms with Crippen LogP contribution in [0.4, 0.5) is 5.13 Å². The summed E-state index contributed by atoms with van der Waals surface area (Å²) in [4.78, 5) is 16.7. The number of ether oxygens (including phenoxy) is 2. The first-order valence-corrected chi connectivity index (χ1v) is 8.95. The molecule has 0 radical (unpaired) electrons. The Labute approximate surface area is 148 Å². The molecule has 4 rings (SSSR count). The average molecular weight is 387 g/mol. The highest BCUT2D eigenvalue weighted by atomic mass is 35.5. The van der Waals surface area contributed by atoms with Crippen LogP contribution >= 0.6 is 45.9 Å². The number of carbonyl (C=O) groups excluding carboxylic acids is 1. The fraction of sp³-hybridized carbons (Fsp3) is 0.143. The number of benzene rings is 1. The third kappa shape index (κ3) is 2.85. The molecule has 23 heavy (non-hydrogen) atoms. The van der Waals surface area contributed by atoms with Gasteiger partial charge in [-0.2, -0.15) is 0 Å². The summed E-state index contributed by atoms with van der Waals surface area (Å²) in [5.74, 6) is 1.02. The quantitative estimate of drug-likeness (QED) is 0.693. The molecule has 9 heteroatoms. The Bertz CT molecular complexity index is 879. The summed E-state index contributed by atoms with van der Waals surface area (Å²) in [6.45, 7) is 1.04. The highest BCUT2D eigenvalue weighted by molar-refractivity contribution is 7.22. The van der Waals surface area contributed by atoms with Crippen LogP contribution < -0.4 is 14.8 Å². The van der Waals surface area contributed by atoms with Crippen molar-refractivity contribution in [2.75, 3.05) is 18.5 Å². The molecule has 3 heterocycles. The van der Waals surface area contributed by atoms with Gasteiger partial charge in [0.2, 0.25) is 0 Å². The second-order valence-corrected chi connectivity index (χ2v) is 7.99. The molecule has 1 N–H and O–H groups in total. The predicted molar refractivity (Wildman–Crippen MR) is 92.9 cm³/mol. The number of thiophene rings is 1. The number of rotatable bonds is 2. The second-order valence-electron chi connectivity index (χ2n) is 4.67. The van der Waals surface area contributed by atoms with Gasteiger partial charge in [-0.1, -0.05) is 34.5 Å². The van der Waals surface area contributed by atoms with E-state index in [9.17, 15) is 4.79 Å². The summed E-state index contributed by atoms with van der Waals surface area (Å²) in [7, 11) is 0. The van der Waals surface area contributed by atoms with E-state index in [0.717, 1.165) is 21.6 Å². The Hall–Kier alpha value is -1.54. The van der Waals surface area contributed by atoms with Crippen LogP contribution in [0.1, 0.15) is 10.4 Å². The first kappa shape index (κ1) is 15.0. The summed E-state index contributed by atoms with van der Waals surface area (Å²) < 4.78 is 12.8. The van der Waals surface area contributed by atoms with Crippen molar-refractivity contribution in [1.29, 1.82) is 0 Å². The number of anilines is 1. The van der Waals surface area contributed by atoms with E-state index in [-0.39, 0.29) is 5.91 Å². The zero-order valence-corrected chi connectivity index (χ0v) is 14.5. The summed E-state index contributed by atoms with van der Waals surface area (Å²) in [5, 5.41) is 3.22. The molecule has 0 aliphatic carbocycles. The molecule has 3 aromatic rings. The minimum Gasteiger partial charge on any atom is -0.486 e. The second kappa shape index (κ2) is 5.83. The number of halogens is 2. The van der Waals surface area contributed by atoms with Crippen molar-refractivity contribution in [2.24, 2.45) is 0 Å². The molecular formula is C14H8Cl2N2O3S2. The minimum absolute atomic E-state index is 0.338. The molecule has 1 aliphatic heterocycles. The van der Waals surface area contributed by atoms with Gasteiger partial charge in [-0.25, -0.2) is 4.98 Å². The van der Waals surface area contributed by atoms with E-state index in [1.807, 2.05) is 12.1 Å². The van der Waals surface area contributed by atoms with E-state index in [0.29, 0.717) is 44.1 Å². The molecule has 0 bridgehead atoms. The largest absolute Gasteiger partial charge is 0.486 e. The first-order valence-electron chi connectivity index (χ1n) is 6.56. The lowest BCUT2D eigenvalue weighted by molar-refractivity contribution is 0.102. The van der Waals surface area contributed by atoms with Gasteiger partial charge in [0, 0.05) is 12.1 Å². The Morgan fingerprint density at radius 2 is 1.87 bits per heavy atom. The maximum absolute atomic E-state index is 12.3. The van der Waals surface area contributed by atoms with E-state index < -0.39 is 0 Å². The topological polar surface area (TPSA) is 60.5 Å². The monoisotopic (exact) mass is 386 g/mol. The fourth-order valence-electron chi connectivity index (χ4n) is 2.18. The first-order chi connectivity index (χ1) is 11.1. The van der Waals surface area contributed by atoms with E-state index in [4.69, 9.17) is 32.7 Å². The standard InChI is InChI=1S/C14H8Cl2N2O3S2/c15-11-3-6(12(16)23-11)13(19)18-14-17-7-4-8-9(5-10(7)22-14)21-2-1-20-8/h3-5H,1-2H2,(H,17,18,19). The van der Waals surface area contributed by atoms with Gasteiger partial charge in [0.25, 0.3) is 5.91 Å². The number of fused-ring (bicyclic) bond motifs is 2. The molecule has 1 amide bonds. The maximum Gasteiger partial charge on any atom is 0.259 e. The number of aromatic nitrogens is 1. The van der Waals surface area contributed by atoms with Crippen LogP contribution in [0.5, 0.6) is 11.5 Å². The molecule has 0 atom stereocenters. The molecular weight excluding hydrogens is 379 g/mol. The van der Waals surface area contributed by atoms with Crippen molar-refractivity contribution in [3.63, 3.8) is 0 Å². The lowest BCUT2D eigenvalue weighted by atomic mass is 10.3. The van der Waals surface area contributed by atoms with Crippen LogP contribution in [0.2, 0.25) is 8.67 Å². The van der Waals surface area contributed by atoms with Crippen molar-refractivity contribution in [3.8, 4) is 11.5 Å². The zero-order chi connectivity index (χ0) is 16.0. The van der Waals surface area contributed by atoms with Gasteiger partial charge < -0.3 is 9.47 Å². The molecule has 0 saturated carbocycles. The maximum atomic E-state index is 12.3. The lowest BCUT2D eigenvalue weighted by Gasteiger charge is -2.17. The van der Waals surface area contributed by atoms with Gasteiger partial charge in [0.05, 0.1) is 20.1 Å². The van der Waals surface area contributed by atoms with Crippen molar-refractivity contribution in [1.82, 2.24) is 4.98 Å². The summed E-state index contributed by atoms with van der Waals surface area (Å²) >= 11 is 14.4. The molecule has 1 aliphatic rings. The number of carbonyl (C=O) groups is 1. The molecule has 2 aromatic heterocycles. The van der Waals surface area contributed by atoms with Gasteiger partial charge in [0.1, 0.15) is 17.6 Å². The Balaban J connectivity index is 1.64. The number of hydrogen-bond donors (Lipinski definition) is 1. The number of hydrogen-bond acceptors (Lipinski definition) is 6. The number of nitrogens with one attached hydrogen (secondary N) is 1. The molecule has 0 spiro atoms. The normalized spacial score (nSPS) is 13.3. The van der Waals surface area contributed by atoms with Crippen molar-refractivity contribution >= 4 is 67.1 Å². The van der Waals surface area contributed by atoms with Crippen LogP contribution in [0.15, 0.2) is 18.2 Å². The summed E-state index contributed by atoms with van der Waals surface area (Å²) in [5.41, 5.74) is 1.08. The number of nitrogens with zero attached hydrogens (tertiary/aromatic N) is 1. The van der Waals surface area contributed by atoms with Gasteiger partial charge in [-0.3, -0.25) is 10.1 Å². The summed E-state index contributed by atoms with van der Waals surface area (Å²) in [6, 6.07) is 5.22. The Morgan fingerprint density at radius 1 is 1.13 bits per heavy atom. The van der Waals surface area contributed by atoms with E-state index in [1.54, 1.807) is 0 Å². The van der Waals surface area contributed by atoms with Gasteiger partial charge >= 0.3 is 0 Å². The van der Waals surface area contributed by atoms with E-state index in [2.05, 4.69) is 10.3 Å². The molecule has 118 valence electrons. The highest BCUT2D eigenvalue weighted by Crippen LogP contribution is 2.38. The third-order valence-electron chi connectivity index (χ3n) is 3.17. The van der Waals surface area contributed by atoms with Crippen LogP contribution in [0.3, 0.4) is 0 Å². The molecule has 1 aromatic carbocycles. The molecule has 0 fully saturated rings.